The molecule has 1 aliphatic heterocycles. The molecule has 6 heteroatoms. The van der Waals surface area contributed by atoms with Crippen molar-refractivity contribution in [3.05, 3.63) is 59.7 Å². The summed E-state index contributed by atoms with van der Waals surface area (Å²) in [5.74, 6) is 1.73. The molecule has 3 N–H and O–H groups in total. The number of guanidine groups is 1. The van der Waals surface area contributed by atoms with Gasteiger partial charge in [0.15, 0.2) is 5.96 Å². The van der Waals surface area contributed by atoms with Crippen LogP contribution in [0, 0.1) is 5.92 Å². The van der Waals surface area contributed by atoms with Gasteiger partial charge in [0, 0.05) is 30.9 Å². The number of benzene rings is 2. The lowest BCUT2D eigenvalue weighted by Crippen LogP contribution is -2.44. The molecule has 0 bridgehead atoms. The predicted octanol–water partition coefficient (Wildman–Crippen LogP) is 4.12. The number of nitrogens with one attached hydrogen (secondary N) is 1. The summed E-state index contributed by atoms with van der Waals surface area (Å²) in [6.45, 7) is 7.25. The fourth-order valence-corrected chi connectivity index (χ4v) is 3.63. The molecule has 1 unspecified atom stereocenters. The van der Waals surface area contributed by atoms with Crippen molar-refractivity contribution in [2.24, 2.45) is 16.6 Å². The van der Waals surface area contributed by atoms with Crippen LogP contribution in [-0.4, -0.2) is 37.1 Å². The first-order valence-corrected chi connectivity index (χ1v) is 9.58. The van der Waals surface area contributed by atoms with Crippen LogP contribution in [0.4, 0.5) is 5.69 Å². The largest absolute Gasteiger partial charge is 0.497 e. The van der Waals surface area contributed by atoms with E-state index in [0.29, 0.717) is 24.5 Å². The highest BCUT2D eigenvalue weighted by molar-refractivity contribution is 14.0. The van der Waals surface area contributed by atoms with Crippen molar-refractivity contribution in [2.45, 2.75) is 32.9 Å². The van der Waals surface area contributed by atoms with E-state index >= 15 is 0 Å². The molecule has 0 spiro atoms. The molecule has 0 aliphatic carbocycles. The van der Waals surface area contributed by atoms with E-state index < -0.39 is 0 Å². The van der Waals surface area contributed by atoms with Gasteiger partial charge in [0.05, 0.1) is 13.7 Å². The number of nitrogens with two attached hydrogens (primary N) is 1. The van der Waals surface area contributed by atoms with E-state index in [1.54, 1.807) is 7.11 Å². The summed E-state index contributed by atoms with van der Waals surface area (Å²) in [5, 5.41) is 3.16. The highest BCUT2D eigenvalue weighted by atomic mass is 127. The highest BCUT2D eigenvalue weighted by Gasteiger charge is 2.25. The van der Waals surface area contributed by atoms with Crippen LogP contribution in [0.5, 0.6) is 5.75 Å². The normalized spacial score (nSPS) is 15.5. The van der Waals surface area contributed by atoms with Crippen molar-refractivity contribution in [2.75, 3.05) is 25.5 Å². The van der Waals surface area contributed by atoms with Gasteiger partial charge in [-0.2, -0.15) is 0 Å². The van der Waals surface area contributed by atoms with Gasteiger partial charge < -0.3 is 15.8 Å². The van der Waals surface area contributed by atoms with Gasteiger partial charge in [-0.1, -0.05) is 44.2 Å². The Morgan fingerprint density at radius 3 is 2.64 bits per heavy atom. The molecule has 1 heterocycles. The Balaban J connectivity index is 0.00000280. The van der Waals surface area contributed by atoms with Crippen LogP contribution in [0.1, 0.15) is 25.0 Å². The van der Waals surface area contributed by atoms with Gasteiger partial charge in [0.2, 0.25) is 0 Å². The lowest BCUT2D eigenvalue weighted by molar-refractivity contribution is 0.145. The minimum absolute atomic E-state index is 0. The Hall–Kier alpha value is -1.80. The van der Waals surface area contributed by atoms with Crippen LogP contribution in [0.3, 0.4) is 0 Å². The van der Waals surface area contributed by atoms with Crippen molar-refractivity contribution < 1.29 is 4.74 Å². The van der Waals surface area contributed by atoms with Gasteiger partial charge in [0.25, 0.3) is 0 Å². The fraction of sp³-hybridized carbons (Fsp3) is 0.409. The Kier molecular flexibility index (Phi) is 8.57. The number of fused-ring (bicyclic) bond motifs is 1. The van der Waals surface area contributed by atoms with Gasteiger partial charge in [-0.05, 0) is 35.6 Å². The number of nitrogens with zero attached hydrogens (tertiary/aromatic N) is 2. The standard InChI is InChI=1S/C22H30N4O.HI/c1-16(2)21(26-12-11-17-7-4-5-8-18(17)15-26)14-24-22(23)25-19-9-6-10-20(13-19)27-3;/h4-10,13,16,21H,11-12,14-15H2,1-3H3,(H3,23,24,25);1H. The molecule has 28 heavy (non-hydrogen) atoms. The molecule has 0 saturated heterocycles. The van der Waals surface area contributed by atoms with E-state index in [0.717, 1.165) is 30.9 Å². The van der Waals surface area contributed by atoms with Crippen molar-refractivity contribution in [1.82, 2.24) is 4.90 Å². The first kappa shape index (κ1) is 22.5. The van der Waals surface area contributed by atoms with Gasteiger partial charge in [-0.15, -0.1) is 24.0 Å². The summed E-state index contributed by atoms with van der Waals surface area (Å²) < 4.78 is 5.25. The third kappa shape index (κ3) is 5.85. The monoisotopic (exact) mass is 494 g/mol. The maximum absolute atomic E-state index is 6.13. The van der Waals surface area contributed by atoms with Crippen LogP contribution in [-0.2, 0) is 13.0 Å². The third-order valence-corrected chi connectivity index (χ3v) is 5.19. The number of halogens is 1. The van der Waals surface area contributed by atoms with Gasteiger partial charge in [-0.3, -0.25) is 9.89 Å². The van der Waals surface area contributed by atoms with E-state index in [2.05, 4.69) is 53.3 Å². The molecule has 0 amide bonds. The van der Waals surface area contributed by atoms with Gasteiger partial charge >= 0.3 is 0 Å². The first-order chi connectivity index (χ1) is 13.1. The highest BCUT2D eigenvalue weighted by Crippen LogP contribution is 2.23. The van der Waals surface area contributed by atoms with Gasteiger partial charge in [0.1, 0.15) is 5.75 Å². The molecular formula is C22H31IN4O. The molecule has 0 saturated carbocycles. The second kappa shape index (κ2) is 10.7. The maximum Gasteiger partial charge on any atom is 0.193 e. The Labute approximate surface area is 185 Å². The Morgan fingerprint density at radius 1 is 1.18 bits per heavy atom. The molecule has 3 rings (SSSR count). The summed E-state index contributed by atoms with van der Waals surface area (Å²) in [6, 6.07) is 16.8. The quantitative estimate of drug-likeness (QED) is 0.360. The molecule has 1 aliphatic rings. The molecule has 2 aromatic carbocycles. The van der Waals surface area contributed by atoms with Crippen LogP contribution >= 0.6 is 24.0 Å². The molecule has 152 valence electrons. The number of ether oxygens (including phenoxy) is 1. The summed E-state index contributed by atoms with van der Waals surface area (Å²) in [4.78, 5) is 7.17. The van der Waals surface area contributed by atoms with E-state index in [-0.39, 0.29) is 24.0 Å². The zero-order valence-electron chi connectivity index (χ0n) is 16.9. The lowest BCUT2D eigenvalue weighted by atomic mass is 9.95. The molecule has 0 aromatic heterocycles. The number of aliphatic imine (C=N–C) groups is 1. The molecule has 0 radical (unpaired) electrons. The summed E-state index contributed by atoms with van der Waals surface area (Å²) in [5.41, 5.74) is 9.91. The molecular weight excluding hydrogens is 463 g/mol. The summed E-state index contributed by atoms with van der Waals surface area (Å²) in [6.07, 6.45) is 1.10. The SMILES string of the molecule is COc1cccc(NC(N)=NCC(C(C)C)N2CCc3ccccc3C2)c1.I. The zero-order valence-corrected chi connectivity index (χ0v) is 19.2. The van der Waals surface area contributed by atoms with Crippen LogP contribution < -0.4 is 15.8 Å². The average Bonchev–Trinajstić information content (AvgIpc) is 2.68. The number of methoxy groups -OCH3 is 1. The van der Waals surface area contributed by atoms with Crippen LogP contribution in [0.15, 0.2) is 53.5 Å². The lowest BCUT2D eigenvalue weighted by Gasteiger charge is -2.37. The van der Waals surface area contributed by atoms with Crippen molar-refractivity contribution >= 4 is 35.6 Å². The Morgan fingerprint density at radius 2 is 1.93 bits per heavy atom. The van der Waals surface area contributed by atoms with E-state index in [1.165, 1.54) is 11.1 Å². The minimum Gasteiger partial charge on any atom is -0.497 e. The van der Waals surface area contributed by atoms with Crippen LogP contribution in [0.2, 0.25) is 0 Å². The average molecular weight is 494 g/mol. The third-order valence-electron chi connectivity index (χ3n) is 5.19. The summed E-state index contributed by atoms with van der Waals surface area (Å²) in [7, 11) is 1.65. The smallest absolute Gasteiger partial charge is 0.193 e. The minimum atomic E-state index is 0. The van der Waals surface area contributed by atoms with Gasteiger partial charge in [-0.25, -0.2) is 0 Å². The topological polar surface area (TPSA) is 62.9 Å². The molecule has 0 fully saturated rings. The number of anilines is 1. The fourth-order valence-electron chi connectivity index (χ4n) is 3.63. The zero-order chi connectivity index (χ0) is 19.2. The predicted molar refractivity (Wildman–Crippen MR) is 128 cm³/mol. The van der Waals surface area contributed by atoms with Crippen molar-refractivity contribution in [1.29, 1.82) is 0 Å². The maximum atomic E-state index is 6.13. The second-order valence-corrected chi connectivity index (χ2v) is 7.38. The number of hydrogen-bond donors (Lipinski definition) is 2. The summed E-state index contributed by atoms with van der Waals surface area (Å²) >= 11 is 0. The molecule has 2 aromatic rings. The van der Waals surface area contributed by atoms with Crippen molar-refractivity contribution in [3.63, 3.8) is 0 Å². The Bertz CT molecular complexity index is 794. The second-order valence-electron chi connectivity index (χ2n) is 7.38. The molecule has 5 nitrogen and oxygen atoms in total. The first-order valence-electron chi connectivity index (χ1n) is 9.58. The van der Waals surface area contributed by atoms with Crippen molar-refractivity contribution in [3.8, 4) is 5.75 Å². The molecule has 1 atom stereocenters. The van der Waals surface area contributed by atoms with E-state index in [9.17, 15) is 0 Å². The van der Waals surface area contributed by atoms with E-state index in [1.807, 2.05) is 24.3 Å². The van der Waals surface area contributed by atoms with Crippen LogP contribution in [0.25, 0.3) is 0 Å². The number of hydrogen-bond acceptors (Lipinski definition) is 3. The van der Waals surface area contributed by atoms with E-state index in [4.69, 9.17) is 10.5 Å². The number of rotatable bonds is 6.